The molecule has 8 nitrogen and oxygen atoms in total. The number of hydrogen-bond donors (Lipinski definition) is 1. The molecule has 0 saturated carbocycles. The molecule has 3 amide bonds. The van der Waals surface area contributed by atoms with Gasteiger partial charge < -0.3 is 24.5 Å². The highest BCUT2D eigenvalue weighted by molar-refractivity contribution is 8.02. The summed E-state index contributed by atoms with van der Waals surface area (Å²) in [5.74, 6) is -0.681. The van der Waals surface area contributed by atoms with E-state index < -0.39 is 28.7 Å². The Morgan fingerprint density at radius 2 is 1.82 bits per heavy atom. The molecule has 3 aliphatic heterocycles. The third kappa shape index (κ3) is 6.19. The number of carbonyl (C=O) groups excluding carboxylic acids is 3. The molecule has 3 heterocycles. The Labute approximate surface area is 267 Å². The minimum absolute atomic E-state index is 0.0284. The van der Waals surface area contributed by atoms with E-state index in [1.165, 1.54) is 0 Å². The Balaban J connectivity index is 1.78. The average Bonchev–Trinajstić information content (AvgIpc) is 3.65. The Hall–Kier alpha value is -2.78. The van der Waals surface area contributed by atoms with E-state index in [4.69, 9.17) is 4.74 Å². The molecule has 7 atom stereocenters. The minimum atomic E-state index is -0.749. The monoisotopic (exact) mass is 625 g/mol. The number of benzene rings is 1. The molecule has 1 N–H and O–H groups in total. The first-order valence-electron chi connectivity index (χ1n) is 16.3. The molecule has 3 unspecified atom stereocenters. The smallest absolute Gasteiger partial charge is 0.247 e. The molecular formula is C35H51N3O5S. The summed E-state index contributed by atoms with van der Waals surface area (Å²) in [6.45, 7) is 19.0. The molecule has 4 rings (SSSR count). The van der Waals surface area contributed by atoms with Crippen molar-refractivity contribution in [3.63, 3.8) is 0 Å². The molecule has 1 spiro atoms. The van der Waals surface area contributed by atoms with Crippen LogP contribution in [-0.2, 0) is 14.4 Å². The van der Waals surface area contributed by atoms with Gasteiger partial charge in [-0.3, -0.25) is 14.4 Å². The van der Waals surface area contributed by atoms with Crippen LogP contribution < -0.4 is 9.64 Å². The number of likely N-dealkylation sites (tertiary alicyclic amines) is 1. The topological polar surface area (TPSA) is 90.4 Å². The molecule has 1 aromatic carbocycles. The largest absolute Gasteiger partial charge is 0.494 e. The van der Waals surface area contributed by atoms with E-state index >= 15 is 0 Å². The van der Waals surface area contributed by atoms with Crippen LogP contribution in [0.1, 0.15) is 66.7 Å². The van der Waals surface area contributed by atoms with Crippen molar-refractivity contribution in [2.45, 2.75) is 94.8 Å². The van der Waals surface area contributed by atoms with E-state index in [0.29, 0.717) is 38.2 Å². The van der Waals surface area contributed by atoms with Crippen molar-refractivity contribution in [3.05, 3.63) is 49.6 Å². The maximum absolute atomic E-state index is 14.7. The van der Waals surface area contributed by atoms with Crippen molar-refractivity contribution < 1.29 is 24.2 Å². The van der Waals surface area contributed by atoms with Gasteiger partial charge in [0.1, 0.15) is 11.8 Å². The van der Waals surface area contributed by atoms with Gasteiger partial charge in [-0.15, -0.1) is 24.9 Å². The lowest BCUT2D eigenvalue weighted by atomic mass is 9.70. The van der Waals surface area contributed by atoms with Gasteiger partial charge >= 0.3 is 0 Å². The number of fused-ring (bicyclic) bond motifs is 1. The Kier molecular flexibility index (Phi) is 11.3. The van der Waals surface area contributed by atoms with Gasteiger partial charge in [0, 0.05) is 30.1 Å². The van der Waals surface area contributed by atoms with Gasteiger partial charge in [-0.25, -0.2) is 0 Å². The molecule has 0 aromatic heterocycles. The second kappa shape index (κ2) is 14.5. The van der Waals surface area contributed by atoms with Crippen LogP contribution in [0.15, 0.2) is 49.6 Å². The van der Waals surface area contributed by atoms with Crippen molar-refractivity contribution in [2.24, 2.45) is 17.8 Å². The molecule has 0 radical (unpaired) electrons. The number of ether oxygens (including phenoxy) is 1. The lowest BCUT2D eigenvalue weighted by Crippen LogP contribution is -2.59. The van der Waals surface area contributed by atoms with Crippen LogP contribution in [0.2, 0.25) is 0 Å². The molecule has 0 aliphatic carbocycles. The summed E-state index contributed by atoms with van der Waals surface area (Å²) >= 11 is 1.67. The minimum Gasteiger partial charge on any atom is -0.494 e. The summed E-state index contributed by atoms with van der Waals surface area (Å²) in [6, 6.07) is 6.14. The molecule has 2 bridgehead atoms. The fourth-order valence-electron chi connectivity index (χ4n) is 7.74. The zero-order valence-corrected chi connectivity index (χ0v) is 27.9. The Bertz CT molecular complexity index is 1210. The second-order valence-corrected chi connectivity index (χ2v) is 14.5. The molecule has 44 heavy (non-hydrogen) atoms. The number of carbonyl (C=O) groups is 3. The fraction of sp³-hybridized carbons (Fsp3) is 0.629. The lowest BCUT2D eigenvalue weighted by molar-refractivity contribution is -0.147. The maximum Gasteiger partial charge on any atom is 0.247 e. The summed E-state index contributed by atoms with van der Waals surface area (Å²) in [4.78, 5) is 49.2. The molecule has 3 aliphatic rings. The molecular weight excluding hydrogens is 574 g/mol. The average molecular weight is 626 g/mol. The first-order valence-corrected chi connectivity index (χ1v) is 17.1. The quantitative estimate of drug-likeness (QED) is 0.251. The Morgan fingerprint density at radius 1 is 1.14 bits per heavy atom. The van der Waals surface area contributed by atoms with Gasteiger partial charge in [0.15, 0.2) is 0 Å². The lowest BCUT2D eigenvalue weighted by Gasteiger charge is -2.41. The number of rotatable bonds is 16. The van der Waals surface area contributed by atoms with Gasteiger partial charge in [-0.1, -0.05) is 39.3 Å². The molecule has 3 saturated heterocycles. The zero-order chi connectivity index (χ0) is 32.2. The van der Waals surface area contributed by atoms with Crippen LogP contribution in [0.4, 0.5) is 5.69 Å². The highest BCUT2D eigenvalue weighted by Crippen LogP contribution is 2.67. The van der Waals surface area contributed by atoms with E-state index in [2.05, 4.69) is 33.9 Å². The van der Waals surface area contributed by atoms with E-state index in [1.807, 2.05) is 43.0 Å². The van der Waals surface area contributed by atoms with Crippen molar-refractivity contribution in [3.8, 4) is 5.75 Å². The van der Waals surface area contributed by atoms with Gasteiger partial charge in [0.05, 0.1) is 35.8 Å². The number of thioether (sulfide) groups is 1. The van der Waals surface area contributed by atoms with E-state index in [1.54, 1.807) is 33.7 Å². The standard InChI is InChI=1S/C35H51N3O5S/c1-8-12-24(7)36(19-9-2)34(42)31-35-18-17-28(44-35)29(30(35)33(41)38(31)26(22-39)21-23(5)6)32(40)37(20-10-3)25-13-15-27(16-14-25)43-11-4/h9-10,13-16,23-24,26,28-31,39H,2-3,8,11-12,17-22H2,1,4-7H3/t24?,26-,28-,29+,30+,31?,35?/m1/s1. The molecule has 1 aromatic rings. The zero-order valence-electron chi connectivity index (χ0n) is 27.1. The number of hydrogen-bond acceptors (Lipinski definition) is 6. The number of amides is 3. The van der Waals surface area contributed by atoms with Crippen molar-refractivity contribution >= 4 is 35.2 Å². The summed E-state index contributed by atoms with van der Waals surface area (Å²) in [5.41, 5.74) is 0.716. The maximum atomic E-state index is 14.7. The third-order valence-corrected chi connectivity index (χ3v) is 11.4. The molecule has 9 heteroatoms. The number of anilines is 1. The fourth-order valence-corrected chi connectivity index (χ4v) is 9.94. The normalized spacial score (nSPS) is 26.8. The van der Waals surface area contributed by atoms with Gasteiger partial charge in [-0.05, 0) is 69.7 Å². The SMILES string of the molecule is C=CCN(C(=O)[C@@H]1[C@H]2C(=O)N([C@@H](CO)CC(C)C)C(C(=O)N(CC=C)C(C)CCC)C23CC[C@H]1S3)c1ccc(OCC)cc1. The first-order chi connectivity index (χ1) is 21.1. The van der Waals surface area contributed by atoms with Crippen LogP contribution in [0.3, 0.4) is 0 Å². The number of aliphatic hydroxyl groups excluding tert-OH is 1. The highest BCUT2D eigenvalue weighted by Gasteiger charge is 2.74. The van der Waals surface area contributed by atoms with Gasteiger partial charge in [0.25, 0.3) is 0 Å². The summed E-state index contributed by atoms with van der Waals surface area (Å²) in [6.07, 6.45) is 7.22. The summed E-state index contributed by atoms with van der Waals surface area (Å²) in [7, 11) is 0. The number of aliphatic hydroxyl groups is 1. The predicted octanol–water partition coefficient (Wildman–Crippen LogP) is 5.31. The van der Waals surface area contributed by atoms with E-state index in [9.17, 15) is 19.5 Å². The van der Waals surface area contributed by atoms with Crippen LogP contribution in [0.5, 0.6) is 5.75 Å². The van der Waals surface area contributed by atoms with Crippen LogP contribution >= 0.6 is 11.8 Å². The molecule has 3 fully saturated rings. The van der Waals surface area contributed by atoms with E-state index in [0.717, 1.165) is 25.0 Å². The van der Waals surface area contributed by atoms with Crippen LogP contribution in [0.25, 0.3) is 0 Å². The van der Waals surface area contributed by atoms with Crippen LogP contribution in [0, 0.1) is 17.8 Å². The second-order valence-electron chi connectivity index (χ2n) is 12.8. The Morgan fingerprint density at radius 3 is 2.39 bits per heavy atom. The predicted molar refractivity (Wildman–Crippen MR) is 178 cm³/mol. The highest BCUT2D eigenvalue weighted by atomic mass is 32.2. The van der Waals surface area contributed by atoms with Crippen molar-refractivity contribution in [2.75, 3.05) is 31.2 Å². The first kappa shape index (κ1) is 34.1. The number of nitrogens with zero attached hydrogens (tertiary/aromatic N) is 3. The van der Waals surface area contributed by atoms with Crippen LogP contribution in [-0.4, -0.2) is 87.1 Å². The van der Waals surface area contributed by atoms with E-state index in [-0.39, 0.29) is 41.5 Å². The summed E-state index contributed by atoms with van der Waals surface area (Å²) in [5, 5.41) is 10.6. The van der Waals surface area contributed by atoms with Crippen molar-refractivity contribution in [1.82, 2.24) is 9.80 Å². The van der Waals surface area contributed by atoms with Crippen molar-refractivity contribution in [1.29, 1.82) is 0 Å². The molecule has 242 valence electrons. The summed E-state index contributed by atoms with van der Waals surface area (Å²) < 4.78 is 4.88. The van der Waals surface area contributed by atoms with Gasteiger partial charge in [0.2, 0.25) is 17.7 Å². The van der Waals surface area contributed by atoms with Gasteiger partial charge in [-0.2, -0.15) is 0 Å². The third-order valence-electron chi connectivity index (χ3n) is 9.49.